The number of amides is 5. The summed E-state index contributed by atoms with van der Waals surface area (Å²) in [6.45, 7) is 1.11. The monoisotopic (exact) mass is 408 g/mol. The highest BCUT2D eigenvalue weighted by Crippen LogP contribution is 2.26. The minimum atomic E-state index is -0.287. The van der Waals surface area contributed by atoms with Crippen LogP contribution in [0, 0.1) is 0 Å². The van der Waals surface area contributed by atoms with Crippen LogP contribution in [0.5, 0.6) is 5.75 Å². The van der Waals surface area contributed by atoms with E-state index in [0.29, 0.717) is 43.1 Å². The first kappa shape index (κ1) is 19.8. The highest BCUT2D eigenvalue weighted by molar-refractivity contribution is 6.19. The Bertz CT molecular complexity index is 941. The lowest BCUT2D eigenvalue weighted by atomic mass is 10.0. The fourth-order valence-corrected chi connectivity index (χ4v) is 3.92. The SMILES string of the molecule is COc1cccc(NC(=O)N2CCC(N3CC(=O)N(c4ccccc4)C3=O)CC2)c1. The molecule has 2 aliphatic rings. The first-order valence-corrected chi connectivity index (χ1v) is 9.95. The quantitative estimate of drug-likeness (QED) is 0.788. The van der Waals surface area contributed by atoms with E-state index in [4.69, 9.17) is 4.74 Å². The number of ether oxygens (including phenoxy) is 1. The van der Waals surface area contributed by atoms with Crippen molar-refractivity contribution in [1.29, 1.82) is 0 Å². The maximum atomic E-state index is 12.9. The van der Waals surface area contributed by atoms with Crippen molar-refractivity contribution in [3.8, 4) is 5.75 Å². The average molecular weight is 408 g/mol. The molecule has 2 saturated heterocycles. The van der Waals surface area contributed by atoms with Crippen LogP contribution in [-0.2, 0) is 4.79 Å². The molecular formula is C22H24N4O4. The molecule has 156 valence electrons. The van der Waals surface area contributed by atoms with Crippen LogP contribution in [0.2, 0.25) is 0 Å². The van der Waals surface area contributed by atoms with Gasteiger partial charge in [0.2, 0.25) is 0 Å². The number of piperidine rings is 1. The molecule has 5 amide bonds. The highest BCUT2D eigenvalue weighted by atomic mass is 16.5. The normalized spacial score (nSPS) is 17.4. The van der Waals surface area contributed by atoms with E-state index in [1.54, 1.807) is 53.3 Å². The molecule has 0 aliphatic carbocycles. The number of nitrogens with one attached hydrogen (secondary N) is 1. The van der Waals surface area contributed by atoms with Gasteiger partial charge in [-0.3, -0.25) is 4.79 Å². The van der Waals surface area contributed by atoms with Gasteiger partial charge in [0.15, 0.2) is 0 Å². The van der Waals surface area contributed by atoms with Gasteiger partial charge in [0, 0.05) is 30.9 Å². The van der Waals surface area contributed by atoms with Gasteiger partial charge in [0.05, 0.1) is 12.8 Å². The van der Waals surface area contributed by atoms with Crippen molar-refractivity contribution in [1.82, 2.24) is 9.80 Å². The van der Waals surface area contributed by atoms with Gasteiger partial charge in [-0.15, -0.1) is 0 Å². The molecule has 2 aliphatic heterocycles. The van der Waals surface area contributed by atoms with Gasteiger partial charge in [0.25, 0.3) is 5.91 Å². The van der Waals surface area contributed by atoms with Crippen molar-refractivity contribution in [2.24, 2.45) is 0 Å². The first-order chi connectivity index (χ1) is 14.6. The van der Waals surface area contributed by atoms with Gasteiger partial charge < -0.3 is 19.9 Å². The minimum absolute atomic E-state index is 0.0592. The number of carbonyl (C=O) groups is 3. The van der Waals surface area contributed by atoms with E-state index in [9.17, 15) is 14.4 Å². The molecule has 0 saturated carbocycles. The van der Waals surface area contributed by atoms with Crippen LogP contribution >= 0.6 is 0 Å². The molecule has 4 rings (SSSR count). The lowest BCUT2D eigenvalue weighted by molar-refractivity contribution is -0.116. The summed E-state index contributed by atoms with van der Waals surface area (Å²) in [5.74, 6) is 0.455. The molecule has 8 heteroatoms. The molecule has 0 aromatic heterocycles. The van der Waals surface area contributed by atoms with Gasteiger partial charge in [-0.2, -0.15) is 0 Å². The van der Waals surface area contributed by atoms with Crippen molar-refractivity contribution < 1.29 is 19.1 Å². The summed E-state index contributed by atoms with van der Waals surface area (Å²) in [5.41, 5.74) is 1.25. The van der Waals surface area contributed by atoms with E-state index < -0.39 is 0 Å². The van der Waals surface area contributed by atoms with Crippen LogP contribution in [0.3, 0.4) is 0 Å². The number of carbonyl (C=O) groups excluding carboxylic acids is 3. The lowest BCUT2D eigenvalue weighted by Gasteiger charge is -2.36. The molecule has 30 heavy (non-hydrogen) atoms. The van der Waals surface area contributed by atoms with Gasteiger partial charge in [-0.1, -0.05) is 24.3 Å². The summed E-state index contributed by atoms with van der Waals surface area (Å²) in [4.78, 5) is 42.5. The van der Waals surface area contributed by atoms with Crippen LogP contribution in [-0.4, -0.2) is 60.6 Å². The molecular weight excluding hydrogens is 384 g/mol. The van der Waals surface area contributed by atoms with E-state index in [2.05, 4.69) is 5.32 Å². The van der Waals surface area contributed by atoms with Gasteiger partial charge in [0.1, 0.15) is 12.3 Å². The Balaban J connectivity index is 1.35. The number of imide groups is 1. The van der Waals surface area contributed by atoms with Crippen LogP contribution in [0.15, 0.2) is 54.6 Å². The Kier molecular flexibility index (Phi) is 5.56. The molecule has 0 bridgehead atoms. The summed E-state index contributed by atoms with van der Waals surface area (Å²) in [6.07, 6.45) is 1.26. The standard InChI is InChI=1S/C22H24N4O4/c1-30-19-9-5-6-16(14-19)23-21(28)24-12-10-17(11-13-24)25-15-20(27)26(22(25)29)18-7-3-2-4-8-18/h2-9,14,17H,10-13,15H2,1H3,(H,23,28). The van der Waals surface area contributed by atoms with E-state index in [-0.39, 0.29) is 30.6 Å². The zero-order chi connectivity index (χ0) is 21.1. The number of benzene rings is 2. The molecule has 2 fully saturated rings. The van der Waals surface area contributed by atoms with Crippen molar-refractivity contribution in [3.63, 3.8) is 0 Å². The number of anilines is 2. The molecule has 2 aromatic rings. The topological polar surface area (TPSA) is 82.2 Å². The predicted octanol–water partition coefficient (Wildman–Crippen LogP) is 3.16. The third kappa shape index (κ3) is 3.94. The summed E-state index contributed by atoms with van der Waals surface area (Å²) < 4.78 is 5.18. The minimum Gasteiger partial charge on any atom is -0.497 e. The molecule has 2 heterocycles. The third-order valence-electron chi connectivity index (χ3n) is 5.52. The fraction of sp³-hybridized carbons (Fsp3) is 0.318. The first-order valence-electron chi connectivity index (χ1n) is 9.95. The Labute approximate surface area is 175 Å². The van der Waals surface area contributed by atoms with Crippen LogP contribution in [0.4, 0.5) is 21.0 Å². The zero-order valence-corrected chi connectivity index (χ0v) is 16.8. The third-order valence-corrected chi connectivity index (χ3v) is 5.52. The number of methoxy groups -OCH3 is 1. The summed E-state index contributed by atoms with van der Waals surface area (Å²) in [6, 6.07) is 15.6. The maximum absolute atomic E-state index is 12.9. The number of para-hydroxylation sites is 1. The van der Waals surface area contributed by atoms with E-state index >= 15 is 0 Å². The number of hydrogen-bond donors (Lipinski definition) is 1. The summed E-state index contributed by atoms with van der Waals surface area (Å²) in [5, 5.41) is 2.88. The summed E-state index contributed by atoms with van der Waals surface area (Å²) in [7, 11) is 1.58. The largest absolute Gasteiger partial charge is 0.497 e. The predicted molar refractivity (Wildman–Crippen MR) is 113 cm³/mol. The van der Waals surface area contributed by atoms with Crippen molar-refractivity contribution in [3.05, 3.63) is 54.6 Å². The smallest absolute Gasteiger partial charge is 0.332 e. The second kappa shape index (κ2) is 8.44. The number of urea groups is 2. The lowest BCUT2D eigenvalue weighted by Crippen LogP contribution is -2.49. The van der Waals surface area contributed by atoms with Crippen molar-refractivity contribution in [2.45, 2.75) is 18.9 Å². The highest BCUT2D eigenvalue weighted by Gasteiger charge is 2.41. The summed E-state index contributed by atoms with van der Waals surface area (Å²) >= 11 is 0. The number of nitrogens with zero attached hydrogens (tertiary/aromatic N) is 3. The maximum Gasteiger partial charge on any atom is 0.332 e. The number of rotatable bonds is 4. The second-order valence-corrected chi connectivity index (χ2v) is 7.36. The Morgan fingerprint density at radius 3 is 2.47 bits per heavy atom. The molecule has 0 unspecified atom stereocenters. The van der Waals surface area contributed by atoms with Gasteiger partial charge in [-0.25, -0.2) is 14.5 Å². The van der Waals surface area contributed by atoms with E-state index in [1.165, 1.54) is 4.90 Å². The Morgan fingerprint density at radius 2 is 1.77 bits per heavy atom. The van der Waals surface area contributed by atoms with Crippen molar-refractivity contribution in [2.75, 3.05) is 37.0 Å². The van der Waals surface area contributed by atoms with Crippen LogP contribution in [0.25, 0.3) is 0 Å². The van der Waals surface area contributed by atoms with E-state index in [1.807, 2.05) is 18.2 Å². The zero-order valence-electron chi connectivity index (χ0n) is 16.8. The molecule has 8 nitrogen and oxygen atoms in total. The molecule has 2 aromatic carbocycles. The van der Waals surface area contributed by atoms with Gasteiger partial charge in [-0.05, 0) is 37.1 Å². The van der Waals surface area contributed by atoms with Crippen LogP contribution in [0.1, 0.15) is 12.8 Å². The molecule has 1 N–H and O–H groups in total. The Morgan fingerprint density at radius 1 is 1.03 bits per heavy atom. The fourth-order valence-electron chi connectivity index (χ4n) is 3.92. The number of hydrogen-bond acceptors (Lipinski definition) is 4. The molecule has 0 radical (unpaired) electrons. The second-order valence-electron chi connectivity index (χ2n) is 7.36. The van der Waals surface area contributed by atoms with Gasteiger partial charge >= 0.3 is 12.1 Å². The van der Waals surface area contributed by atoms with Crippen molar-refractivity contribution >= 4 is 29.3 Å². The van der Waals surface area contributed by atoms with Crippen LogP contribution < -0.4 is 15.0 Å². The molecule has 0 spiro atoms. The number of likely N-dealkylation sites (tertiary alicyclic amines) is 1. The molecule has 0 atom stereocenters. The average Bonchev–Trinajstić information content (AvgIpc) is 3.08. The van der Waals surface area contributed by atoms with E-state index in [0.717, 1.165) is 0 Å². The Hall–Kier alpha value is -3.55.